The third-order valence-electron chi connectivity index (χ3n) is 3.98. The average molecular weight is 409 g/mol. The van der Waals surface area contributed by atoms with E-state index in [1.165, 1.54) is 11.3 Å². The minimum Gasteiger partial charge on any atom is -0.496 e. The number of carbonyl (C=O) groups is 2. The molecule has 0 saturated carbocycles. The number of nitrogens with zero attached hydrogens (tertiary/aromatic N) is 2. The highest BCUT2D eigenvalue weighted by atomic mass is 79.9. The molecular formula is C17H17BrN2O3S. The van der Waals surface area contributed by atoms with Crippen LogP contribution in [0.4, 0.5) is 0 Å². The van der Waals surface area contributed by atoms with Gasteiger partial charge in [-0.25, -0.2) is 0 Å². The number of hydrogen-bond acceptors (Lipinski definition) is 4. The molecule has 1 aliphatic heterocycles. The molecule has 1 aromatic heterocycles. The summed E-state index contributed by atoms with van der Waals surface area (Å²) < 4.78 is 5.94. The molecule has 0 bridgehead atoms. The molecule has 5 nitrogen and oxygen atoms in total. The number of piperazine rings is 1. The molecule has 0 aliphatic carbocycles. The summed E-state index contributed by atoms with van der Waals surface area (Å²) in [7, 11) is 1.59. The molecule has 2 aromatic rings. The first-order chi connectivity index (χ1) is 11.6. The van der Waals surface area contributed by atoms with Crippen LogP contribution in [-0.2, 0) is 0 Å². The van der Waals surface area contributed by atoms with Crippen molar-refractivity contribution in [2.24, 2.45) is 0 Å². The molecule has 2 amide bonds. The Kier molecular flexibility index (Phi) is 5.20. The molecule has 7 heteroatoms. The summed E-state index contributed by atoms with van der Waals surface area (Å²) in [4.78, 5) is 29.3. The lowest BCUT2D eigenvalue weighted by Crippen LogP contribution is -2.50. The Morgan fingerprint density at radius 3 is 2.29 bits per heavy atom. The van der Waals surface area contributed by atoms with Gasteiger partial charge in [0.05, 0.1) is 16.5 Å². The Balaban J connectivity index is 1.63. The summed E-state index contributed by atoms with van der Waals surface area (Å²) in [5.41, 5.74) is 0.612. The number of ether oxygens (including phenoxy) is 1. The lowest BCUT2D eigenvalue weighted by molar-refractivity contribution is 0.0538. The van der Waals surface area contributed by atoms with Gasteiger partial charge in [-0.15, -0.1) is 11.3 Å². The summed E-state index contributed by atoms with van der Waals surface area (Å²) in [5, 5.41) is 1.90. The highest BCUT2D eigenvalue weighted by Crippen LogP contribution is 2.26. The number of methoxy groups -OCH3 is 1. The van der Waals surface area contributed by atoms with Crippen molar-refractivity contribution >= 4 is 39.1 Å². The summed E-state index contributed by atoms with van der Waals surface area (Å²) in [5.74, 6) is 0.712. The predicted molar refractivity (Wildman–Crippen MR) is 96.8 cm³/mol. The van der Waals surface area contributed by atoms with E-state index in [0.29, 0.717) is 37.5 Å². The zero-order valence-electron chi connectivity index (χ0n) is 13.2. The van der Waals surface area contributed by atoms with Gasteiger partial charge in [0.15, 0.2) is 0 Å². The molecular weight excluding hydrogens is 392 g/mol. The Bertz CT molecular complexity index is 740. The Labute approximate surface area is 153 Å². The van der Waals surface area contributed by atoms with Gasteiger partial charge in [0.25, 0.3) is 11.8 Å². The standard InChI is InChI=1S/C17H17BrN2O3S/c1-23-14-5-4-12(11-13(14)18)16(21)19-6-8-20(9-7-19)17(22)15-3-2-10-24-15/h2-5,10-11H,6-9H2,1H3. The van der Waals surface area contributed by atoms with Crippen LogP contribution in [0.5, 0.6) is 5.75 Å². The number of halogens is 1. The molecule has 0 radical (unpaired) electrons. The first kappa shape index (κ1) is 17.0. The van der Waals surface area contributed by atoms with E-state index < -0.39 is 0 Å². The molecule has 126 valence electrons. The number of carbonyl (C=O) groups excluding carboxylic acids is 2. The maximum Gasteiger partial charge on any atom is 0.264 e. The van der Waals surface area contributed by atoms with E-state index in [1.54, 1.807) is 35.1 Å². The monoisotopic (exact) mass is 408 g/mol. The van der Waals surface area contributed by atoms with Gasteiger partial charge in [-0.3, -0.25) is 9.59 Å². The van der Waals surface area contributed by atoms with Crippen LogP contribution >= 0.6 is 27.3 Å². The maximum atomic E-state index is 12.6. The molecule has 0 spiro atoms. The van der Waals surface area contributed by atoms with Crippen LogP contribution in [0.15, 0.2) is 40.2 Å². The largest absolute Gasteiger partial charge is 0.496 e. The van der Waals surface area contributed by atoms with Crippen LogP contribution < -0.4 is 4.74 Å². The SMILES string of the molecule is COc1ccc(C(=O)N2CCN(C(=O)c3cccs3)CC2)cc1Br. The zero-order valence-corrected chi connectivity index (χ0v) is 15.6. The van der Waals surface area contributed by atoms with Crippen molar-refractivity contribution in [3.8, 4) is 5.75 Å². The zero-order chi connectivity index (χ0) is 17.1. The molecule has 0 atom stereocenters. The molecule has 1 fully saturated rings. The van der Waals surface area contributed by atoms with Gasteiger partial charge in [-0.2, -0.15) is 0 Å². The van der Waals surface area contributed by atoms with Crippen LogP contribution in [0.2, 0.25) is 0 Å². The fraction of sp³-hybridized carbons (Fsp3) is 0.294. The van der Waals surface area contributed by atoms with Crippen molar-refractivity contribution in [2.75, 3.05) is 33.3 Å². The minimum absolute atomic E-state index is 0.0263. The third kappa shape index (κ3) is 3.47. The van der Waals surface area contributed by atoms with E-state index in [1.807, 2.05) is 17.5 Å². The summed E-state index contributed by atoms with van der Waals surface area (Å²) >= 11 is 4.85. The van der Waals surface area contributed by atoms with E-state index in [9.17, 15) is 9.59 Å². The third-order valence-corrected chi connectivity index (χ3v) is 5.46. The number of thiophene rings is 1. The maximum absolute atomic E-state index is 12.6. The molecule has 24 heavy (non-hydrogen) atoms. The Morgan fingerprint density at radius 1 is 1.08 bits per heavy atom. The molecule has 3 rings (SSSR count). The van der Waals surface area contributed by atoms with Crippen LogP contribution in [0, 0.1) is 0 Å². The quantitative estimate of drug-likeness (QED) is 0.783. The minimum atomic E-state index is -0.0263. The molecule has 1 aliphatic rings. The first-order valence-corrected chi connectivity index (χ1v) is 9.23. The van der Waals surface area contributed by atoms with E-state index in [2.05, 4.69) is 15.9 Å². The van der Waals surface area contributed by atoms with Crippen molar-refractivity contribution in [3.63, 3.8) is 0 Å². The molecule has 1 aromatic carbocycles. The van der Waals surface area contributed by atoms with E-state index in [-0.39, 0.29) is 11.8 Å². The Morgan fingerprint density at radius 2 is 1.75 bits per heavy atom. The van der Waals surface area contributed by atoms with Gasteiger partial charge in [0.1, 0.15) is 5.75 Å². The average Bonchev–Trinajstić information content (AvgIpc) is 3.15. The van der Waals surface area contributed by atoms with Crippen molar-refractivity contribution < 1.29 is 14.3 Å². The number of amides is 2. The van der Waals surface area contributed by atoms with Gasteiger partial charge in [-0.05, 0) is 45.6 Å². The van der Waals surface area contributed by atoms with Crippen molar-refractivity contribution in [2.45, 2.75) is 0 Å². The van der Waals surface area contributed by atoms with Crippen LogP contribution in [0.1, 0.15) is 20.0 Å². The van der Waals surface area contributed by atoms with E-state index >= 15 is 0 Å². The normalized spacial score (nSPS) is 14.6. The number of rotatable bonds is 3. The molecule has 0 N–H and O–H groups in total. The highest BCUT2D eigenvalue weighted by molar-refractivity contribution is 9.10. The molecule has 1 saturated heterocycles. The summed E-state index contributed by atoms with van der Waals surface area (Å²) in [6.45, 7) is 2.19. The predicted octanol–water partition coefficient (Wildman–Crippen LogP) is 3.12. The van der Waals surface area contributed by atoms with Gasteiger partial charge >= 0.3 is 0 Å². The number of hydrogen-bond donors (Lipinski definition) is 0. The summed E-state index contributed by atoms with van der Waals surface area (Å²) in [6, 6.07) is 9.01. The Hall–Kier alpha value is -1.86. The molecule has 2 heterocycles. The summed E-state index contributed by atoms with van der Waals surface area (Å²) in [6.07, 6.45) is 0. The van der Waals surface area contributed by atoms with Crippen molar-refractivity contribution in [1.82, 2.24) is 9.80 Å². The number of benzene rings is 1. The van der Waals surface area contributed by atoms with Gasteiger partial charge in [0, 0.05) is 31.7 Å². The van der Waals surface area contributed by atoms with Gasteiger partial charge < -0.3 is 14.5 Å². The van der Waals surface area contributed by atoms with Crippen LogP contribution in [0.3, 0.4) is 0 Å². The topological polar surface area (TPSA) is 49.9 Å². The van der Waals surface area contributed by atoms with E-state index in [0.717, 1.165) is 9.35 Å². The van der Waals surface area contributed by atoms with Crippen LogP contribution in [0.25, 0.3) is 0 Å². The second-order valence-electron chi connectivity index (χ2n) is 5.41. The fourth-order valence-corrected chi connectivity index (χ4v) is 3.88. The lowest BCUT2D eigenvalue weighted by atomic mass is 10.1. The second-order valence-corrected chi connectivity index (χ2v) is 7.21. The van der Waals surface area contributed by atoms with Crippen molar-refractivity contribution in [3.05, 3.63) is 50.6 Å². The van der Waals surface area contributed by atoms with Crippen LogP contribution in [-0.4, -0.2) is 54.9 Å². The first-order valence-electron chi connectivity index (χ1n) is 7.55. The second kappa shape index (κ2) is 7.36. The van der Waals surface area contributed by atoms with Gasteiger partial charge in [0.2, 0.25) is 0 Å². The molecule has 0 unspecified atom stereocenters. The fourth-order valence-electron chi connectivity index (χ4n) is 2.65. The van der Waals surface area contributed by atoms with Crippen molar-refractivity contribution in [1.29, 1.82) is 0 Å². The smallest absolute Gasteiger partial charge is 0.264 e. The van der Waals surface area contributed by atoms with E-state index in [4.69, 9.17) is 4.74 Å². The van der Waals surface area contributed by atoms with Gasteiger partial charge in [-0.1, -0.05) is 6.07 Å². The highest BCUT2D eigenvalue weighted by Gasteiger charge is 2.26. The lowest BCUT2D eigenvalue weighted by Gasteiger charge is -2.34.